The molecule has 0 radical (unpaired) electrons. The van der Waals surface area contributed by atoms with Crippen LogP contribution >= 0.6 is 12.2 Å². The Morgan fingerprint density at radius 1 is 0.691 bits per heavy atom. The topological polar surface area (TPSA) is 145 Å². The number of hydrogen-bond donors (Lipinski definition) is 4. The second kappa shape index (κ2) is 17.0. The lowest BCUT2D eigenvalue weighted by atomic mass is 9.51. The van der Waals surface area contributed by atoms with Crippen molar-refractivity contribution in [3.8, 4) is 46.7 Å². The Labute approximate surface area is 405 Å². The van der Waals surface area contributed by atoms with Crippen LogP contribution < -0.4 is 30.1 Å². The number of ether oxygens (including phenoxy) is 4. The Balaban J connectivity index is 0.000000150. The first-order chi connectivity index (χ1) is 32.8. The van der Waals surface area contributed by atoms with Crippen molar-refractivity contribution < 1.29 is 34.0 Å². The summed E-state index contributed by atoms with van der Waals surface area (Å²) in [6.07, 6.45) is 16.7. The van der Waals surface area contributed by atoms with Gasteiger partial charge in [0.05, 0.1) is 5.71 Å². The van der Waals surface area contributed by atoms with E-state index < -0.39 is 11.2 Å². The van der Waals surface area contributed by atoms with Gasteiger partial charge in [0, 0.05) is 29.1 Å². The molecule has 5 N–H and O–H groups in total. The van der Waals surface area contributed by atoms with E-state index in [0.29, 0.717) is 30.1 Å². The highest BCUT2D eigenvalue weighted by Gasteiger charge is 2.64. The molecule has 2 unspecified atom stereocenters. The number of nitrogens with two attached hydrogens (primary N) is 1. The van der Waals surface area contributed by atoms with Gasteiger partial charge in [0.15, 0.2) is 33.9 Å². The number of benzene rings is 2. The average molecular weight is 934 g/mol. The molecule has 10 atom stereocenters. The zero-order valence-corrected chi connectivity index (χ0v) is 40.6. The zero-order chi connectivity index (χ0) is 47.2. The van der Waals surface area contributed by atoms with Crippen LogP contribution in [0.4, 0.5) is 0 Å². The van der Waals surface area contributed by atoms with Crippen molar-refractivity contribution in [1.29, 1.82) is 0 Å². The highest BCUT2D eigenvalue weighted by molar-refractivity contribution is 7.80. The first-order valence-electron chi connectivity index (χ1n) is 24.9. The number of carbonyl (C=O) groups is 1. The molecule has 0 saturated heterocycles. The van der Waals surface area contributed by atoms with E-state index >= 15 is 0 Å². The smallest absolute Gasteiger partial charge is 0.231 e. The molecule has 0 amide bonds. The van der Waals surface area contributed by atoms with Crippen LogP contribution in [-0.2, 0) is 4.79 Å². The third-order valence-corrected chi connectivity index (χ3v) is 18.5. The Morgan fingerprint density at radius 3 is 1.68 bits per heavy atom. The molecule has 0 spiro atoms. The first kappa shape index (κ1) is 45.1. The molecule has 11 heteroatoms. The third-order valence-electron chi connectivity index (χ3n) is 18.4. The van der Waals surface area contributed by atoms with Gasteiger partial charge in [0.25, 0.3) is 0 Å². The van der Waals surface area contributed by atoms with Crippen molar-refractivity contribution in [2.75, 3.05) is 13.6 Å². The lowest BCUT2D eigenvalue weighted by molar-refractivity contribution is -0.114. The van der Waals surface area contributed by atoms with Crippen LogP contribution in [0.3, 0.4) is 0 Å². The summed E-state index contributed by atoms with van der Waals surface area (Å²) in [6.45, 7) is 8.75. The van der Waals surface area contributed by atoms with Crippen LogP contribution in [0.5, 0.6) is 23.0 Å². The van der Waals surface area contributed by atoms with Crippen molar-refractivity contribution in [2.24, 2.45) is 45.3 Å². The number of nitrogens with zero attached hydrogens (tertiary/aromatic N) is 1. The van der Waals surface area contributed by atoms with Crippen LogP contribution in [-0.4, -0.2) is 51.6 Å². The minimum atomic E-state index is -0.952. The normalized spacial score (nSPS) is 36.1. The lowest BCUT2D eigenvalue weighted by Gasteiger charge is -2.53. The number of aliphatic hydroxyl groups is 2. The van der Waals surface area contributed by atoms with Crippen molar-refractivity contribution >= 4 is 28.8 Å². The van der Waals surface area contributed by atoms with Crippen LogP contribution in [0.15, 0.2) is 87.1 Å². The van der Waals surface area contributed by atoms with E-state index in [1.165, 1.54) is 39.0 Å². The van der Waals surface area contributed by atoms with Gasteiger partial charge in [-0.3, -0.25) is 10.2 Å². The molecule has 2 aromatic rings. The van der Waals surface area contributed by atoms with Crippen LogP contribution in [0.25, 0.3) is 0 Å². The molecule has 68 heavy (non-hydrogen) atoms. The predicted molar refractivity (Wildman–Crippen MR) is 265 cm³/mol. The maximum Gasteiger partial charge on any atom is 0.231 e. The number of hydrazone groups is 1. The second-order valence-corrected chi connectivity index (χ2v) is 21.8. The number of rotatable bonds is 3. The summed E-state index contributed by atoms with van der Waals surface area (Å²) in [6, 6.07) is 12.7. The molecule has 10 aliphatic rings. The minimum Gasteiger partial charge on any atom is -0.454 e. The number of allylic oxidation sites excluding steroid dienone is 8. The fraction of sp³-hybridized carbons (Fsp3) is 0.526. The summed E-state index contributed by atoms with van der Waals surface area (Å²) in [5.74, 6) is 18.1. The van der Waals surface area contributed by atoms with E-state index in [4.69, 9.17) is 36.9 Å². The molecule has 8 aliphatic carbocycles. The Morgan fingerprint density at radius 2 is 1.18 bits per heavy atom. The van der Waals surface area contributed by atoms with Gasteiger partial charge in [-0.25, -0.2) is 0 Å². The maximum absolute atomic E-state index is 12.2. The summed E-state index contributed by atoms with van der Waals surface area (Å²) < 4.78 is 22.6. The Kier molecular flexibility index (Phi) is 11.3. The van der Waals surface area contributed by atoms with Crippen molar-refractivity contribution in [3.05, 3.63) is 93.1 Å². The maximum atomic E-state index is 12.2. The van der Waals surface area contributed by atoms with Crippen molar-refractivity contribution in [1.82, 2.24) is 5.43 Å². The van der Waals surface area contributed by atoms with E-state index in [1.807, 2.05) is 32.1 Å². The number of nitrogens with one attached hydrogen (secondary N) is 1. The summed E-state index contributed by atoms with van der Waals surface area (Å²) in [5, 5.41) is 28.2. The van der Waals surface area contributed by atoms with Gasteiger partial charge in [-0.05, 0) is 203 Å². The Bertz CT molecular complexity index is 2800. The number of fused-ring (bicyclic) bond motifs is 10. The summed E-state index contributed by atoms with van der Waals surface area (Å²) in [4.78, 5) is 12.2. The number of carbonyl (C=O) groups excluding carboxylic acids is 1. The summed E-state index contributed by atoms with van der Waals surface area (Å²) >= 11 is 4.93. The number of hydrogen-bond acceptors (Lipinski definition) is 9. The monoisotopic (exact) mass is 933 g/mol. The lowest BCUT2D eigenvalue weighted by Crippen LogP contribution is -2.51. The van der Waals surface area contributed by atoms with Gasteiger partial charge in [-0.1, -0.05) is 49.0 Å². The zero-order valence-electron chi connectivity index (χ0n) is 39.8. The SMILES string of the molecule is CC#C[C@]1(O)CC[C@H]2[C@@H]3CCC4=CC(=NNC(N)=S)CCC4=C3C(c3ccc4c(c3)OCO4)C[C@@]21C.CC#C[C@]1(O)CC[C@H]2[C@@H]3CCC4=CC(=O)CCC4=C3C(c3ccc4c(c3)OCO4)C[C@@]21C. The molecule has 2 aliphatic heterocycles. The molecule has 0 aromatic heterocycles. The average Bonchev–Trinajstić information content (AvgIpc) is 4.11. The molecular formula is C57H63N3O7S. The highest BCUT2D eigenvalue weighted by Crippen LogP contribution is 2.68. The van der Waals surface area contributed by atoms with Gasteiger partial charge in [-0.2, -0.15) is 5.10 Å². The standard InChI is InChI=1S/C29H33N3O3S.C28H30O4/c1-3-11-29(33)12-10-23-21-7-4-17-13-19(31-32-27(30)36)6-8-20(17)26(21)22(15-28(23,29)2)18-5-9-24-25(14-18)35-16-34-24;1-3-11-28(30)12-10-23-21-7-4-17-13-19(29)6-8-20(17)26(21)22(15-27(23,28)2)18-5-9-24-25(14-18)32-16-31-24/h5,9,13-14,21-23,33H,4,6-8,10,12,15-16H2,1-2H3,(H3,30,32,36);5,9,13-14,21-23,30H,4,6-8,10,12,15-16H2,1-2H3/t21-,22?,23-,28-,29-;21-,22?,23-,27-,28-/m00/s1. The van der Waals surface area contributed by atoms with E-state index in [-0.39, 0.29) is 47.1 Å². The summed E-state index contributed by atoms with van der Waals surface area (Å²) in [5.41, 5.74) is 18.0. The number of ketones is 1. The van der Waals surface area contributed by atoms with Gasteiger partial charge in [0.2, 0.25) is 13.6 Å². The van der Waals surface area contributed by atoms with Crippen molar-refractivity contribution in [3.63, 3.8) is 0 Å². The van der Waals surface area contributed by atoms with Crippen molar-refractivity contribution in [2.45, 2.75) is 141 Å². The van der Waals surface area contributed by atoms with Gasteiger partial charge in [-0.15, -0.1) is 11.8 Å². The van der Waals surface area contributed by atoms with Gasteiger partial charge in [0.1, 0.15) is 11.2 Å². The quantitative estimate of drug-likeness (QED) is 0.133. The van der Waals surface area contributed by atoms with E-state index in [9.17, 15) is 15.0 Å². The van der Waals surface area contributed by atoms with E-state index in [1.54, 1.807) is 5.57 Å². The van der Waals surface area contributed by atoms with Crippen LogP contribution in [0.2, 0.25) is 0 Å². The predicted octanol–water partition coefficient (Wildman–Crippen LogP) is 9.76. The summed E-state index contributed by atoms with van der Waals surface area (Å²) in [7, 11) is 0. The highest BCUT2D eigenvalue weighted by atomic mass is 32.1. The molecule has 0 bridgehead atoms. The fourth-order valence-electron chi connectivity index (χ4n) is 15.2. The molecule has 12 rings (SSSR count). The van der Waals surface area contributed by atoms with E-state index in [0.717, 1.165) is 112 Å². The molecular weight excluding hydrogens is 871 g/mol. The van der Waals surface area contributed by atoms with Gasteiger partial charge >= 0.3 is 0 Å². The molecule has 2 heterocycles. The largest absolute Gasteiger partial charge is 0.454 e. The first-order valence-corrected chi connectivity index (χ1v) is 25.3. The van der Waals surface area contributed by atoms with E-state index in [2.05, 4.69) is 78.4 Å². The fourth-order valence-corrected chi connectivity index (χ4v) is 15.3. The molecule has 4 saturated carbocycles. The van der Waals surface area contributed by atoms with Crippen LogP contribution in [0.1, 0.15) is 141 Å². The molecule has 354 valence electrons. The molecule has 2 aromatic carbocycles. The minimum absolute atomic E-state index is 0.186. The third kappa shape index (κ3) is 7.16. The Hall–Kier alpha value is -5.33. The number of thiocarbonyl (C=S) groups is 1. The second-order valence-electron chi connectivity index (χ2n) is 21.4. The molecule has 10 nitrogen and oxygen atoms in total. The molecule has 4 fully saturated rings. The van der Waals surface area contributed by atoms with Crippen LogP contribution in [0, 0.1) is 58.2 Å². The van der Waals surface area contributed by atoms with Gasteiger partial charge < -0.3 is 34.9 Å².